The highest BCUT2D eigenvalue weighted by atomic mass is 32.1. The average Bonchev–Trinajstić information content (AvgIpc) is 3.27. The Morgan fingerprint density at radius 1 is 1.30 bits per heavy atom. The van der Waals surface area contributed by atoms with Crippen molar-refractivity contribution in [3.63, 3.8) is 0 Å². The van der Waals surface area contributed by atoms with Crippen LogP contribution in [0.15, 0.2) is 29.6 Å². The molecule has 2 aliphatic heterocycles. The molecule has 2 aliphatic rings. The summed E-state index contributed by atoms with van der Waals surface area (Å²) in [5, 5.41) is 5.71. The highest BCUT2D eigenvalue weighted by molar-refractivity contribution is 7.13. The normalized spacial score (nSPS) is 29.7. The molecule has 2 aromatic rings. The van der Waals surface area contributed by atoms with Gasteiger partial charge in [-0.25, -0.2) is 4.98 Å². The molecule has 3 unspecified atom stereocenters. The molecule has 7 nitrogen and oxygen atoms in total. The molecule has 2 fully saturated rings. The van der Waals surface area contributed by atoms with Crippen LogP contribution >= 0.6 is 11.3 Å². The highest BCUT2D eigenvalue weighted by Gasteiger charge is 2.65. The molecule has 1 aromatic carbocycles. The van der Waals surface area contributed by atoms with Gasteiger partial charge in [0.15, 0.2) is 16.1 Å². The third-order valence-corrected chi connectivity index (χ3v) is 5.83. The second-order valence-electron chi connectivity index (χ2n) is 7.16. The summed E-state index contributed by atoms with van der Waals surface area (Å²) in [5.41, 5.74) is -0.771. The molecule has 3 atom stereocenters. The highest BCUT2D eigenvalue weighted by Crippen LogP contribution is 2.52. The molecule has 2 saturated heterocycles. The Morgan fingerprint density at radius 2 is 2.07 bits per heavy atom. The first-order chi connectivity index (χ1) is 12.9. The number of anilines is 2. The van der Waals surface area contributed by atoms with Gasteiger partial charge in [-0.2, -0.15) is 0 Å². The van der Waals surface area contributed by atoms with E-state index in [0.717, 1.165) is 5.69 Å². The number of rotatable bonds is 4. The number of carbonyl (C=O) groups is 2. The van der Waals surface area contributed by atoms with Crippen LogP contribution in [0.2, 0.25) is 0 Å². The van der Waals surface area contributed by atoms with Gasteiger partial charge in [-0.1, -0.05) is 12.1 Å². The maximum atomic E-state index is 12.5. The number of carbonyl (C=O) groups excluding carboxylic acids is 2. The first-order valence-corrected chi connectivity index (χ1v) is 9.55. The number of ether oxygens (including phenoxy) is 3. The van der Waals surface area contributed by atoms with Crippen LogP contribution in [0, 0.1) is 5.41 Å². The second-order valence-corrected chi connectivity index (χ2v) is 8.02. The minimum Gasteiger partial charge on any atom is -0.495 e. The van der Waals surface area contributed by atoms with Gasteiger partial charge in [-0.05, 0) is 26.0 Å². The number of methoxy groups -OCH3 is 1. The molecule has 0 saturated carbocycles. The van der Waals surface area contributed by atoms with Gasteiger partial charge in [0.2, 0.25) is 0 Å². The molecule has 0 amide bonds. The van der Waals surface area contributed by atoms with Crippen molar-refractivity contribution < 1.29 is 23.8 Å². The van der Waals surface area contributed by atoms with Crippen molar-refractivity contribution >= 4 is 34.1 Å². The molecule has 1 aromatic heterocycles. The van der Waals surface area contributed by atoms with E-state index in [1.54, 1.807) is 21.0 Å². The zero-order valence-corrected chi connectivity index (χ0v) is 16.1. The summed E-state index contributed by atoms with van der Waals surface area (Å²) in [6.07, 6.45) is 0.293. The summed E-state index contributed by atoms with van der Waals surface area (Å²) in [6.45, 7) is 3.57. The lowest BCUT2D eigenvalue weighted by molar-refractivity contribution is -0.160. The van der Waals surface area contributed by atoms with Gasteiger partial charge in [0.25, 0.3) is 0 Å². The lowest BCUT2D eigenvalue weighted by atomic mass is 9.78. The molecule has 3 heterocycles. The van der Waals surface area contributed by atoms with Crippen molar-refractivity contribution in [2.24, 2.45) is 5.41 Å². The molecule has 1 spiro atoms. The van der Waals surface area contributed by atoms with Gasteiger partial charge in [-0.15, -0.1) is 11.3 Å². The van der Waals surface area contributed by atoms with Gasteiger partial charge in [0.1, 0.15) is 11.9 Å². The van der Waals surface area contributed by atoms with E-state index in [4.69, 9.17) is 14.2 Å². The van der Waals surface area contributed by atoms with Gasteiger partial charge >= 0.3 is 11.9 Å². The summed E-state index contributed by atoms with van der Waals surface area (Å²) < 4.78 is 16.2. The first-order valence-electron chi connectivity index (χ1n) is 8.67. The lowest BCUT2D eigenvalue weighted by Gasteiger charge is -2.20. The predicted octanol–water partition coefficient (Wildman–Crippen LogP) is 3.38. The van der Waals surface area contributed by atoms with E-state index in [1.165, 1.54) is 11.3 Å². The number of cyclic esters (lactones) is 2. The molecule has 27 heavy (non-hydrogen) atoms. The SMILES string of the molecule is COc1ccccc1Nc1nc(C2(C)CC3(CC(C)OC3=O)C(=O)O2)cs1. The maximum absolute atomic E-state index is 12.5. The van der Waals surface area contributed by atoms with Crippen molar-refractivity contribution in [3.05, 3.63) is 35.3 Å². The molecule has 142 valence electrons. The quantitative estimate of drug-likeness (QED) is 0.635. The van der Waals surface area contributed by atoms with E-state index >= 15 is 0 Å². The van der Waals surface area contributed by atoms with Gasteiger partial charge < -0.3 is 19.5 Å². The molecule has 4 rings (SSSR count). The number of benzene rings is 1. The van der Waals surface area contributed by atoms with Crippen molar-refractivity contribution in [3.8, 4) is 5.75 Å². The number of para-hydroxylation sites is 2. The van der Waals surface area contributed by atoms with Crippen LogP contribution in [0.3, 0.4) is 0 Å². The largest absolute Gasteiger partial charge is 0.495 e. The fourth-order valence-electron chi connectivity index (χ4n) is 3.79. The van der Waals surface area contributed by atoms with Crippen LogP contribution in [-0.4, -0.2) is 30.1 Å². The molecule has 1 N–H and O–H groups in total. The zero-order valence-electron chi connectivity index (χ0n) is 15.3. The van der Waals surface area contributed by atoms with E-state index in [0.29, 0.717) is 23.0 Å². The minimum atomic E-state index is -1.21. The standard InChI is InChI=1S/C19H20N2O5S/c1-11-8-19(15(22)25-11)10-18(2,26-16(19)23)14-9-27-17(21-14)20-12-6-4-5-7-13(12)24-3/h4-7,9,11H,8,10H2,1-3H3,(H,20,21). The zero-order chi connectivity index (χ0) is 19.2. The summed E-state index contributed by atoms with van der Waals surface area (Å²) in [7, 11) is 1.61. The number of nitrogens with one attached hydrogen (secondary N) is 1. The van der Waals surface area contributed by atoms with Gasteiger partial charge in [-0.3, -0.25) is 9.59 Å². The molecular weight excluding hydrogens is 368 g/mol. The topological polar surface area (TPSA) is 86.8 Å². The van der Waals surface area contributed by atoms with E-state index < -0.39 is 23.0 Å². The van der Waals surface area contributed by atoms with Crippen LogP contribution in [0.5, 0.6) is 5.75 Å². The Morgan fingerprint density at radius 3 is 2.78 bits per heavy atom. The molecule has 0 bridgehead atoms. The summed E-state index contributed by atoms with van der Waals surface area (Å²) in [4.78, 5) is 29.4. The van der Waals surface area contributed by atoms with Gasteiger partial charge in [0.05, 0.1) is 18.5 Å². The molecule has 0 radical (unpaired) electrons. The number of hydrogen-bond donors (Lipinski definition) is 1. The second kappa shape index (κ2) is 6.23. The number of esters is 2. The fourth-order valence-corrected chi connectivity index (χ4v) is 4.63. The Kier molecular flexibility index (Phi) is 4.10. The Balaban J connectivity index is 1.58. The van der Waals surface area contributed by atoms with E-state index in [1.807, 2.05) is 29.6 Å². The Labute approximate surface area is 160 Å². The minimum absolute atomic E-state index is 0.236. The third kappa shape index (κ3) is 2.84. The maximum Gasteiger partial charge on any atom is 0.324 e. The number of thiazole rings is 1. The van der Waals surface area contributed by atoms with Crippen LogP contribution in [0.1, 0.15) is 32.4 Å². The predicted molar refractivity (Wildman–Crippen MR) is 99.1 cm³/mol. The Bertz CT molecular complexity index is 913. The van der Waals surface area contributed by atoms with Crippen LogP contribution in [-0.2, 0) is 24.7 Å². The van der Waals surface area contributed by atoms with Crippen molar-refractivity contribution in [1.29, 1.82) is 0 Å². The van der Waals surface area contributed by atoms with Crippen LogP contribution in [0.4, 0.5) is 10.8 Å². The number of nitrogens with zero attached hydrogens (tertiary/aromatic N) is 1. The number of aromatic nitrogens is 1. The number of hydrogen-bond acceptors (Lipinski definition) is 8. The van der Waals surface area contributed by atoms with E-state index in [-0.39, 0.29) is 12.5 Å². The summed E-state index contributed by atoms with van der Waals surface area (Å²) in [5.74, 6) is -0.313. The first kappa shape index (κ1) is 17.8. The summed E-state index contributed by atoms with van der Waals surface area (Å²) >= 11 is 1.40. The summed E-state index contributed by atoms with van der Waals surface area (Å²) in [6, 6.07) is 7.53. The van der Waals surface area contributed by atoms with Crippen LogP contribution < -0.4 is 10.1 Å². The Hall–Kier alpha value is -2.61. The molecule has 8 heteroatoms. The average molecular weight is 388 g/mol. The molecule has 0 aliphatic carbocycles. The lowest BCUT2D eigenvalue weighted by Crippen LogP contribution is -2.31. The van der Waals surface area contributed by atoms with E-state index in [9.17, 15) is 9.59 Å². The third-order valence-electron chi connectivity index (χ3n) is 5.08. The van der Waals surface area contributed by atoms with Crippen molar-refractivity contribution in [2.45, 2.75) is 38.4 Å². The smallest absolute Gasteiger partial charge is 0.324 e. The molecular formula is C19H20N2O5S. The fraction of sp³-hybridized carbons (Fsp3) is 0.421. The van der Waals surface area contributed by atoms with Crippen molar-refractivity contribution in [2.75, 3.05) is 12.4 Å². The van der Waals surface area contributed by atoms with Crippen LogP contribution in [0.25, 0.3) is 0 Å². The van der Waals surface area contributed by atoms with Crippen molar-refractivity contribution in [1.82, 2.24) is 4.98 Å². The monoisotopic (exact) mass is 388 g/mol. The van der Waals surface area contributed by atoms with E-state index in [2.05, 4.69) is 10.3 Å². The van der Waals surface area contributed by atoms with Gasteiger partial charge in [0, 0.05) is 18.2 Å².